The second-order valence-electron chi connectivity index (χ2n) is 4.65. The Labute approximate surface area is 117 Å². The maximum atomic E-state index is 13.0. The van der Waals surface area contributed by atoms with E-state index in [2.05, 4.69) is 4.98 Å². The lowest BCUT2D eigenvalue weighted by atomic mass is 10.1. The molecular weight excluding hydrogens is 257 g/mol. The molecule has 0 aliphatic heterocycles. The van der Waals surface area contributed by atoms with Crippen LogP contribution in [0.4, 0.5) is 4.39 Å². The van der Waals surface area contributed by atoms with Gasteiger partial charge in [-0.2, -0.15) is 0 Å². The number of benzene rings is 1. The van der Waals surface area contributed by atoms with Crippen LogP contribution in [0.3, 0.4) is 0 Å². The van der Waals surface area contributed by atoms with Gasteiger partial charge in [-0.25, -0.2) is 4.39 Å². The highest BCUT2D eigenvalue weighted by Crippen LogP contribution is 2.15. The molecule has 1 aromatic heterocycles. The van der Waals surface area contributed by atoms with Gasteiger partial charge in [-0.1, -0.05) is 12.1 Å². The van der Waals surface area contributed by atoms with E-state index in [1.165, 1.54) is 6.07 Å². The number of carbonyl (C=O) groups excluding carboxylic acids is 1. The molecule has 20 heavy (non-hydrogen) atoms. The summed E-state index contributed by atoms with van der Waals surface area (Å²) in [4.78, 5) is 14.7. The average Bonchev–Trinajstić information content (AvgIpc) is 2.44. The molecule has 2 rings (SSSR count). The first-order valence-electron chi connectivity index (χ1n) is 6.44. The van der Waals surface area contributed by atoms with Gasteiger partial charge in [-0.15, -0.1) is 0 Å². The number of pyridine rings is 1. The number of hydrogen-bond donors (Lipinski definition) is 0. The van der Waals surface area contributed by atoms with Crippen LogP contribution in [0.25, 0.3) is 0 Å². The highest BCUT2D eigenvalue weighted by molar-refractivity contribution is 5.75. The van der Waals surface area contributed by atoms with E-state index in [0.717, 1.165) is 18.2 Å². The van der Waals surface area contributed by atoms with Crippen LogP contribution >= 0.6 is 0 Å². The molecule has 104 valence electrons. The van der Waals surface area contributed by atoms with Crippen LogP contribution in [0, 0.1) is 5.82 Å². The summed E-state index contributed by atoms with van der Waals surface area (Å²) in [5, 5.41) is 0. The molecule has 0 unspecified atom stereocenters. The highest BCUT2D eigenvalue weighted by atomic mass is 19.1. The molecule has 0 saturated heterocycles. The Balaban J connectivity index is 1.89. The third kappa shape index (κ3) is 4.46. The Bertz CT molecular complexity index is 581. The lowest BCUT2D eigenvalue weighted by Crippen LogP contribution is -1.97. The van der Waals surface area contributed by atoms with E-state index in [1.54, 1.807) is 13.1 Å². The van der Waals surface area contributed by atoms with Crippen LogP contribution in [-0.4, -0.2) is 10.8 Å². The van der Waals surface area contributed by atoms with Crippen molar-refractivity contribution in [1.29, 1.82) is 0 Å². The van der Waals surface area contributed by atoms with Crippen LogP contribution < -0.4 is 4.74 Å². The molecule has 0 aliphatic carbocycles. The van der Waals surface area contributed by atoms with Gasteiger partial charge < -0.3 is 9.53 Å². The van der Waals surface area contributed by atoms with E-state index in [-0.39, 0.29) is 18.2 Å². The minimum atomic E-state index is -0.370. The molecule has 0 spiro atoms. The maximum absolute atomic E-state index is 13.0. The second-order valence-corrected chi connectivity index (χ2v) is 4.65. The molecule has 0 fully saturated rings. The summed E-state index contributed by atoms with van der Waals surface area (Å²) in [6.45, 7) is 1.86. The van der Waals surface area contributed by atoms with Gasteiger partial charge in [0.2, 0.25) is 0 Å². The predicted molar refractivity (Wildman–Crippen MR) is 74.0 cm³/mol. The van der Waals surface area contributed by atoms with Crippen molar-refractivity contribution < 1.29 is 13.9 Å². The van der Waals surface area contributed by atoms with Crippen molar-refractivity contribution in [2.24, 2.45) is 0 Å². The molecule has 1 aromatic carbocycles. The fourth-order valence-electron chi connectivity index (χ4n) is 1.77. The van der Waals surface area contributed by atoms with Crippen LogP contribution in [0.2, 0.25) is 0 Å². The number of nitrogens with zero attached hydrogens (tertiary/aromatic N) is 1. The Hall–Kier alpha value is -2.23. The largest absolute Gasteiger partial charge is 0.489 e. The number of rotatable bonds is 6. The number of carbonyl (C=O) groups is 1. The van der Waals surface area contributed by atoms with Crippen molar-refractivity contribution in [3.05, 3.63) is 59.7 Å². The third-order valence-corrected chi connectivity index (χ3v) is 2.86. The van der Waals surface area contributed by atoms with Crippen molar-refractivity contribution in [3.8, 4) is 5.75 Å². The van der Waals surface area contributed by atoms with Gasteiger partial charge in [0.15, 0.2) is 0 Å². The third-order valence-electron chi connectivity index (χ3n) is 2.86. The first-order valence-corrected chi connectivity index (χ1v) is 6.44. The van der Waals surface area contributed by atoms with Gasteiger partial charge in [-0.3, -0.25) is 4.98 Å². The number of aromatic nitrogens is 1. The van der Waals surface area contributed by atoms with Crippen molar-refractivity contribution in [2.45, 2.75) is 26.4 Å². The van der Waals surface area contributed by atoms with Crippen molar-refractivity contribution >= 4 is 5.78 Å². The van der Waals surface area contributed by atoms with Gasteiger partial charge in [0.05, 0.1) is 6.20 Å². The fraction of sp³-hybridized carbons (Fsp3) is 0.250. The Kier molecular flexibility index (Phi) is 4.82. The fourth-order valence-corrected chi connectivity index (χ4v) is 1.77. The minimum Gasteiger partial charge on any atom is -0.489 e. The number of Topliss-reactive ketones (excluding diaryl/α,β-unsaturated/α-hetero) is 1. The molecule has 0 saturated carbocycles. The summed E-state index contributed by atoms with van der Waals surface area (Å²) in [7, 11) is 0. The summed E-state index contributed by atoms with van der Waals surface area (Å²) in [6, 6.07) is 8.96. The lowest BCUT2D eigenvalue weighted by Gasteiger charge is -2.07. The van der Waals surface area contributed by atoms with E-state index in [4.69, 9.17) is 4.74 Å². The van der Waals surface area contributed by atoms with Gasteiger partial charge in [0, 0.05) is 18.2 Å². The number of ketones is 1. The lowest BCUT2D eigenvalue weighted by molar-refractivity contribution is -0.116. The molecular formula is C16H16FNO2. The first kappa shape index (κ1) is 14.2. The van der Waals surface area contributed by atoms with Gasteiger partial charge >= 0.3 is 0 Å². The van der Waals surface area contributed by atoms with Crippen molar-refractivity contribution in [3.63, 3.8) is 0 Å². The SMILES string of the molecule is CC(=O)CCc1ccc(OCc2cncc(F)c2)cc1. The summed E-state index contributed by atoms with van der Waals surface area (Å²) < 4.78 is 18.5. The van der Waals surface area contributed by atoms with Crippen LogP contribution in [-0.2, 0) is 17.8 Å². The zero-order valence-electron chi connectivity index (χ0n) is 11.3. The van der Waals surface area contributed by atoms with Gasteiger partial charge in [0.1, 0.15) is 24.0 Å². The molecule has 2 aromatic rings. The topological polar surface area (TPSA) is 39.2 Å². The monoisotopic (exact) mass is 273 g/mol. The van der Waals surface area contributed by atoms with E-state index in [0.29, 0.717) is 17.7 Å². The van der Waals surface area contributed by atoms with Crippen LogP contribution in [0.5, 0.6) is 5.75 Å². The molecule has 0 bridgehead atoms. The summed E-state index contributed by atoms with van der Waals surface area (Å²) >= 11 is 0. The number of hydrogen-bond acceptors (Lipinski definition) is 3. The Morgan fingerprint density at radius 3 is 2.60 bits per heavy atom. The zero-order valence-corrected chi connectivity index (χ0v) is 11.3. The van der Waals surface area contributed by atoms with E-state index in [9.17, 15) is 9.18 Å². The summed E-state index contributed by atoms with van der Waals surface area (Å²) in [6.07, 6.45) is 4.02. The molecule has 0 N–H and O–H groups in total. The highest BCUT2D eigenvalue weighted by Gasteiger charge is 2.00. The molecule has 3 nitrogen and oxygen atoms in total. The molecule has 0 radical (unpaired) electrons. The van der Waals surface area contributed by atoms with Crippen molar-refractivity contribution in [1.82, 2.24) is 4.98 Å². The summed E-state index contributed by atoms with van der Waals surface area (Å²) in [5.74, 6) is 0.524. The molecule has 1 heterocycles. The molecule has 4 heteroatoms. The predicted octanol–water partition coefficient (Wildman–Crippen LogP) is 3.32. The van der Waals surface area contributed by atoms with Crippen LogP contribution in [0.1, 0.15) is 24.5 Å². The first-order chi connectivity index (χ1) is 9.63. The smallest absolute Gasteiger partial charge is 0.141 e. The quantitative estimate of drug-likeness (QED) is 0.810. The number of aryl methyl sites for hydroxylation is 1. The Morgan fingerprint density at radius 1 is 1.20 bits per heavy atom. The van der Waals surface area contributed by atoms with Gasteiger partial charge in [-0.05, 0) is 37.1 Å². The Morgan fingerprint density at radius 2 is 1.95 bits per heavy atom. The van der Waals surface area contributed by atoms with E-state index < -0.39 is 0 Å². The standard InChI is InChI=1S/C16H16FNO2/c1-12(19)2-3-13-4-6-16(7-5-13)20-11-14-8-15(17)10-18-9-14/h4-10H,2-3,11H2,1H3. The molecule has 0 atom stereocenters. The maximum Gasteiger partial charge on any atom is 0.141 e. The molecule has 0 amide bonds. The number of halogens is 1. The minimum absolute atomic E-state index is 0.184. The van der Waals surface area contributed by atoms with E-state index in [1.807, 2.05) is 24.3 Å². The normalized spacial score (nSPS) is 10.3. The average molecular weight is 273 g/mol. The van der Waals surface area contributed by atoms with Crippen LogP contribution in [0.15, 0.2) is 42.7 Å². The second kappa shape index (κ2) is 6.80. The van der Waals surface area contributed by atoms with E-state index >= 15 is 0 Å². The van der Waals surface area contributed by atoms with Gasteiger partial charge in [0.25, 0.3) is 0 Å². The number of ether oxygens (including phenoxy) is 1. The zero-order chi connectivity index (χ0) is 14.4. The molecule has 0 aliphatic rings. The summed E-state index contributed by atoms with van der Waals surface area (Å²) in [5.41, 5.74) is 1.78. The van der Waals surface area contributed by atoms with Crippen molar-refractivity contribution in [2.75, 3.05) is 0 Å².